The summed E-state index contributed by atoms with van der Waals surface area (Å²) in [5, 5.41) is 4.26. The molecule has 0 aliphatic rings. The van der Waals surface area contributed by atoms with Crippen LogP contribution in [0.2, 0.25) is 0 Å². The molecular weight excluding hydrogens is 228 g/mol. The van der Waals surface area contributed by atoms with E-state index in [1.54, 1.807) is 0 Å². The summed E-state index contributed by atoms with van der Waals surface area (Å²) < 4.78 is 2.88. The van der Waals surface area contributed by atoms with Crippen molar-refractivity contribution in [3.8, 4) is 5.69 Å². The van der Waals surface area contributed by atoms with Gasteiger partial charge in [0.25, 0.3) is 0 Å². The van der Waals surface area contributed by atoms with Crippen molar-refractivity contribution in [3.63, 3.8) is 0 Å². The molecule has 0 saturated carbocycles. The molecule has 1 aromatic carbocycles. The lowest BCUT2D eigenvalue weighted by atomic mass is 10.3. The molecule has 0 aliphatic carbocycles. The Bertz CT molecular complexity index is 406. The van der Waals surface area contributed by atoms with Gasteiger partial charge in [0.1, 0.15) is 4.60 Å². The van der Waals surface area contributed by atoms with Crippen LogP contribution >= 0.6 is 15.9 Å². The van der Waals surface area contributed by atoms with Gasteiger partial charge in [0.2, 0.25) is 0 Å². The van der Waals surface area contributed by atoms with Crippen molar-refractivity contribution >= 4 is 15.9 Å². The van der Waals surface area contributed by atoms with Crippen LogP contribution in [-0.2, 0) is 0 Å². The number of aryl methyl sites for hydroxylation is 1. The van der Waals surface area contributed by atoms with Crippen LogP contribution in [0.1, 0.15) is 5.56 Å². The Kier molecular flexibility index (Phi) is 2.19. The number of aromatic nitrogens is 2. The third-order valence-electron chi connectivity index (χ3n) is 1.88. The number of nitrogens with zero attached hydrogens (tertiary/aromatic N) is 2. The summed E-state index contributed by atoms with van der Waals surface area (Å²) in [5.41, 5.74) is 2.21. The van der Waals surface area contributed by atoms with E-state index in [0.29, 0.717) is 0 Å². The Hall–Kier alpha value is -1.09. The number of para-hydroxylation sites is 1. The van der Waals surface area contributed by atoms with E-state index in [2.05, 4.69) is 21.0 Å². The van der Waals surface area contributed by atoms with Crippen LogP contribution < -0.4 is 0 Å². The second-order valence-electron chi connectivity index (χ2n) is 2.87. The molecule has 0 atom stereocenters. The van der Waals surface area contributed by atoms with E-state index in [4.69, 9.17) is 0 Å². The first kappa shape index (κ1) is 8.51. The van der Waals surface area contributed by atoms with Gasteiger partial charge in [0.05, 0.1) is 11.9 Å². The molecule has 0 fully saturated rings. The summed E-state index contributed by atoms with van der Waals surface area (Å²) in [4.78, 5) is 0. The fourth-order valence-corrected chi connectivity index (χ4v) is 1.56. The Morgan fingerprint density at radius 1 is 1.23 bits per heavy atom. The van der Waals surface area contributed by atoms with Crippen molar-refractivity contribution in [2.24, 2.45) is 0 Å². The molecule has 0 aliphatic heterocycles. The number of rotatable bonds is 1. The number of hydrogen-bond donors (Lipinski definition) is 0. The highest BCUT2D eigenvalue weighted by atomic mass is 79.9. The molecule has 3 heteroatoms. The number of hydrogen-bond acceptors (Lipinski definition) is 1. The van der Waals surface area contributed by atoms with E-state index in [1.165, 1.54) is 0 Å². The molecule has 1 aromatic heterocycles. The predicted molar refractivity (Wildman–Crippen MR) is 56.0 cm³/mol. The van der Waals surface area contributed by atoms with Gasteiger partial charge in [-0.25, -0.2) is 4.68 Å². The Morgan fingerprint density at radius 2 is 1.92 bits per heavy atom. The van der Waals surface area contributed by atoms with Crippen LogP contribution in [0.5, 0.6) is 0 Å². The summed E-state index contributed by atoms with van der Waals surface area (Å²) in [6.07, 6.45) is 1.84. The lowest BCUT2D eigenvalue weighted by Gasteiger charge is -2.01. The molecule has 2 aromatic rings. The highest BCUT2D eigenvalue weighted by Crippen LogP contribution is 2.19. The minimum atomic E-state index is 1.01. The number of halogens is 1. The smallest absolute Gasteiger partial charge is 0.112 e. The lowest BCUT2D eigenvalue weighted by Crippen LogP contribution is -1.95. The maximum atomic E-state index is 4.26. The minimum absolute atomic E-state index is 1.01. The maximum Gasteiger partial charge on any atom is 0.112 e. The topological polar surface area (TPSA) is 17.8 Å². The predicted octanol–water partition coefficient (Wildman–Crippen LogP) is 2.94. The van der Waals surface area contributed by atoms with E-state index < -0.39 is 0 Å². The molecular formula is C10H9BrN2. The molecule has 0 amide bonds. The molecule has 2 nitrogen and oxygen atoms in total. The van der Waals surface area contributed by atoms with Crippen molar-refractivity contribution in [3.05, 3.63) is 46.7 Å². The fraction of sp³-hybridized carbons (Fsp3) is 0.100. The third-order valence-corrected chi connectivity index (χ3v) is 2.84. The molecule has 2 rings (SSSR count). The minimum Gasteiger partial charge on any atom is -0.226 e. The van der Waals surface area contributed by atoms with Crippen LogP contribution in [0.4, 0.5) is 0 Å². The first-order valence-corrected chi connectivity index (χ1v) is 4.84. The van der Waals surface area contributed by atoms with Gasteiger partial charge in [-0.15, -0.1) is 0 Å². The van der Waals surface area contributed by atoms with Crippen molar-refractivity contribution < 1.29 is 0 Å². The third kappa shape index (κ3) is 1.52. The first-order chi connectivity index (χ1) is 6.29. The van der Waals surface area contributed by atoms with E-state index in [9.17, 15) is 0 Å². The maximum absolute atomic E-state index is 4.26. The van der Waals surface area contributed by atoms with Gasteiger partial charge >= 0.3 is 0 Å². The van der Waals surface area contributed by atoms with Crippen LogP contribution in [0.25, 0.3) is 5.69 Å². The lowest BCUT2D eigenvalue weighted by molar-refractivity contribution is 0.860. The average Bonchev–Trinajstić information content (AvgIpc) is 2.49. The quantitative estimate of drug-likeness (QED) is 0.745. The van der Waals surface area contributed by atoms with Crippen molar-refractivity contribution in [1.29, 1.82) is 0 Å². The first-order valence-electron chi connectivity index (χ1n) is 4.04. The summed E-state index contributed by atoms with van der Waals surface area (Å²) >= 11 is 3.49. The van der Waals surface area contributed by atoms with E-state index >= 15 is 0 Å². The van der Waals surface area contributed by atoms with Gasteiger partial charge in [-0.2, -0.15) is 5.10 Å². The molecule has 0 radical (unpaired) electrons. The van der Waals surface area contributed by atoms with Gasteiger partial charge in [0.15, 0.2) is 0 Å². The Labute approximate surface area is 85.3 Å². The molecule has 66 valence electrons. The second kappa shape index (κ2) is 3.34. The van der Waals surface area contributed by atoms with E-state index in [1.807, 2.05) is 48.1 Å². The second-order valence-corrected chi connectivity index (χ2v) is 3.62. The van der Waals surface area contributed by atoms with E-state index in [-0.39, 0.29) is 0 Å². The van der Waals surface area contributed by atoms with Crippen molar-refractivity contribution in [2.75, 3.05) is 0 Å². The highest BCUT2D eigenvalue weighted by Gasteiger charge is 2.04. The SMILES string of the molecule is Cc1cnn(-c2ccccc2)c1Br. The van der Waals surface area contributed by atoms with Crippen molar-refractivity contribution in [1.82, 2.24) is 9.78 Å². The molecule has 0 spiro atoms. The van der Waals surface area contributed by atoms with Gasteiger partial charge in [-0.1, -0.05) is 18.2 Å². The zero-order chi connectivity index (χ0) is 9.26. The van der Waals surface area contributed by atoms with Gasteiger partial charge in [-0.3, -0.25) is 0 Å². The van der Waals surface area contributed by atoms with Crippen LogP contribution in [0.15, 0.2) is 41.1 Å². The summed E-state index contributed by atoms with van der Waals surface area (Å²) in [7, 11) is 0. The van der Waals surface area contributed by atoms with Crippen LogP contribution in [-0.4, -0.2) is 9.78 Å². The van der Waals surface area contributed by atoms with Crippen LogP contribution in [0.3, 0.4) is 0 Å². The summed E-state index contributed by atoms with van der Waals surface area (Å²) in [6, 6.07) is 10.0. The van der Waals surface area contributed by atoms with E-state index in [0.717, 1.165) is 15.9 Å². The van der Waals surface area contributed by atoms with Gasteiger partial charge in [-0.05, 0) is 35.0 Å². The van der Waals surface area contributed by atoms with Gasteiger partial charge < -0.3 is 0 Å². The average molecular weight is 237 g/mol. The zero-order valence-corrected chi connectivity index (χ0v) is 8.82. The molecule has 0 unspecified atom stereocenters. The Morgan fingerprint density at radius 3 is 2.46 bits per heavy atom. The van der Waals surface area contributed by atoms with Crippen molar-refractivity contribution in [2.45, 2.75) is 6.92 Å². The number of benzene rings is 1. The van der Waals surface area contributed by atoms with Crippen LogP contribution in [0, 0.1) is 6.92 Å². The Balaban J connectivity index is 2.53. The molecule has 0 bridgehead atoms. The molecule has 0 N–H and O–H groups in total. The molecule has 0 saturated heterocycles. The monoisotopic (exact) mass is 236 g/mol. The van der Waals surface area contributed by atoms with Gasteiger partial charge in [0, 0.05) is 5.56 Å². The standard InChI is InChI=1S/C10H9BrN2/c1-8-7-12-13(10(8)11)9-5-3-2-4-6-9/h2-7H,1H3. The summed E-state index contributed by atoms with van der Waals surface area (Å²) in [5.74, 6) is 0. The normalized spacial score (nSPS) is 10.3. The fourth-order valence-electron chi connectivity index (χ4n) is 1.16. The highest BCUT2D eigenvalue weighted by molar-refractivity contribution is 9.10. The largest absolute Gasteiger partial charge is 0.226 e. The molecule has 1 heterocycles. The molecule has 13 heavy (non-hydrogen) atoms. The summed E-state index contributed by atoms with van der Waals surface area (Å²) in [6.45, 7) is 2.02. The zero-order valence-electron chi connectivity index (χ0n) is 7.24.